The largest absolute Gasteiger partial charge is 0.456 e. The number of ether oxygens (including phenoxy) is 1. The summed E-state index contributed by atoms with van der Waals surface area (Å²) in [4.78, 5) is 37.6. The lowest BCUT2D eigenvalue weighted by Crippen LogP contribution is -2.26. The van der Waals surface area contributed by atoms with E-state index in [4.69, 9.17) is 20.8 Å². The van der Waals surface area contributed by atoms with E-state index in [9.17, 15) is 14.4 Å². The van der Waals surface area contributed by atoms with Gasteiger partial charge in [-0.1, -0.05) is 43.6 Å². The number of aromatic nitrogens is 2. The number of hydrogen-bond acceptors (Lipinski definition) is 6. The molecule has 0 atom stereocenters. The second-order valence-electron chi connectivity index (χ2n) is 7.38. The Morgan fingerprint density at radius 3 is 2.53 bits per heavy atom. The molecule has 4 aromatic rings. The molecule has 0 saturated heterocycles. The summed E-state index contributed by atoms with van der Waals surface area (Å²) >= 11 is 6.33. The van der Waals surface area contributed by atoms with Crippen molar-refractivity contribution in [1.82, 2.24) is 9.78 Å². The van der Waals surface area contributed by atoms with Crippen LogP contribution in [-0.4, -0.2) is 15.7 Å². The summed E-state index contributed by atoms with van der Waals surface area (Å²) in [6.07, 6.45) is 1.37. The minimum Gasteiger partial charge on any atom is -0.456 e. The molecule has 164 valence electrons. The van der Waals surface area contributed by atoms with Crippen LogP contribution < -0.4 is 11.2 Å². The third kappa shape index (κ3) is 4.03. The Bertz CT molecular complexity index is 1460. The van der Waals surface area contributed by atoms with Gasteiger partial charge < -0.3 is 9.15 Å². The van der Waals surface area contributed by atoms with Gasteiger partial charge in [-0.05, 0) is 36.6 Å². The molecule has 0 saturated carbocycles. The molecule has 2 aromatic carbocycles. The van der Waals surface area contributed by atoms with Gasteiger partial charge in [0.1, 0.15) is 12.2 Å². The molecule has 2 aromatic heterocycles. The fourth-order valence-corrected chi connectivity index (χ4v) is 3.94. The molecule has 0 aliphatic rings. The quantitative estimate of drug-likeness (QED) is 0.316. The topological polar surface area (TPSA) is 91.4 Å². The maximum atomic E-state index is 13.0. The predicted octanol–water partition coefficient (Wildman–Crippen LogP) is 4.49. The molecule has 0 amide bonds. The van der Waals surface area contributed by atoms with E-state index in [0.29, 0.717) is 51.7 Å². The molecule has 2 heterocycles. The van der Waals surface area contributed by atoms with Crippen LogP contribution in [0.2, 0.25) is 5.02 Å². The van der Waals surface area contributed by atoms with Gasteiger partial charge in [0.05, 0.1) is 5.39 Å². The van der Waals surface area contributed by atoms with Crippen molar-refractivity contribution in [2.45, 2.75) is 39.8 Å². The SMILES string of the molecule is CCCn1nc(C(=O)OCc2cc(=O)oc3cc(CC)c(Cl)cc23)c2ccccc2c1=O. The molecule has 0 N–H and O–H groups in total. The Balaban J connectivity index is 1.72. The van der Waals surface area contributed by atoms with E-state index in [1.807, 2.05) is 13.8 Å². The average molecular weight is 453 g/mol. The standard InChI is InChI=1S/C24H21ClN2O5/c1-3-9-27-23(29)17-8-6-5-7-16(17)22(26-27)24(30)31-13-15-11-21(28)32-20-10-14(4-2)19(25)12-18(15)20/h5-8,10-12H,3-4,9,13H2,1-2H3. The van der Waals surface area contributed by atoms with Gasteiger partial charge in [0.15, 0.2) is 5.69 Å². The van der Waals surface area contributed by atoms with E-state index in [1.165, 1.54) is 10.7 Å². The van der Waals surface area contributed by atoms with Gasteiger partial charge in [-0.25, -0.2) is 14.3 Å². The third-order valence-electron chi connectivity index (χ3n) is 5.23. The minimum atomic E-state index is -0.691. The first-order valence-electron chi connectivity index (χ1n) is 10.3. The number of fused-ring (bicyclic) bond motifs is 2. The number of esters is 1. The van der Waals surface area contributed by atoms with Crippen LogP contribution in [0.1, 0.15) is 41.9 Å². The highest BCUT2D eigenvalue weighted by Gasteiger charge is 2.19. The van der Waals surface area contributed by atoms with Gasteiger partial charge >= 0.3 is 11.6 Å². The Hall–Kier alpha value is -3.45. The number of benzene rings is 2. The van der Waals surface area contributed by atoms with Gasteiger partial charge in [0.2, 0.25) is 0 Å². The number of aryl methyl sites for hydroxylation is 2. The summed E-state index contributed by atoms with van der Waals surface area (Å²) in [7, 11) is 0. The molecule has 7 nitrogen and oxygen atoms in total. The molecule has 4 rings (SSSR count). The van der Waals surface area contributed by atoms with Gasteiger partial charge in [0.25, 0.3) is 5.56 Å². The van der Waals surface area contributed by atoms with Gasteiger partial charge in [-0.2, -0.15) is 5.10 Å². The number of hydrogen-bond donors (Lipinski definition) is 0. The van der Waals surface area contributed by atoms with Crippen molar-refractivity contribution in [3.63, 3.8) is 0 Å². The Labute approximate surface area is 188 Å². The highest BCUT2D eigenvalue weighted by molar-refractivity contribution is 6.32. The van der Waals surface area contributed by atoms with E-state index >= 15 is 0 Å². The molecule has 0 aliphatic carbocycles. The van der Waals surface area contributed by atoms with E-state index in [0.717, 1.165) is 5.56 Å². The fraction of sp³-hybridized carbons (Fsp3) is 0.250. The summed E-state index contributed by atoms with van der Waals surface area (Å²) in [5, 5.41) is 6.20. The second kappa shape index (κ2) is 8.96. The maximum Gasteiger partial charge on any atom is 0.359 e. The summed E-state index contributed by atoms with van der Waals surface area (Å²) in [5.74, 6) is -0.691. The van der Waals surface area contributed by atoms with Crippen molar-refractivity contribution < 1.29 is 13.9 Å². The first kappa shape index (κ1) is 21.8. The average Bonchev–Trinajstić information content (AvgIpc) is 2.79. The van der Waals surface area contributed by atoms with E-state index in [-0.39, 0.29) is 17.9 Å². The lowest BCUT2D eigenvalue weighted by Gasteiger charge is -2.11. The van der Waals surface area contributed by atoms with Crippen molar-refractivity contribution in [1.29, 1.82) is 0 Å². The normalized spacial score (nSPS) is 11.2. The monoisotopic (exact) mass is 452 g/mol. The van der Waals surface area contributed by atoms with E-state index in [2.05, 4.69) is 5.10 Å². The molecule has 0 fully saturated rings. The fourth-order valence-electron chi connectivity index (χ4n) is 3.64. The number of nitrogens with zero attached hydrogens (tertiary/aromatic N) is 2. The highest BCUT2D eigenvalue weighted by Crippen LogP contribution is 2.27. The molecular formula is C24H21ClN2O5. The first-order valence-corrected chi connectivity index (χ1v) is 10.7. The zero-order valence-corrected chi connectivity index (χ0v) is 18.4. The van der Waals surface area contributed by atoms with Gasteiger partial charge in [-0.3, -0.25) is 4.79 Å². The van der Waals surface area contributed by atoms with Crippen molar-refractivity contribution in [2.75, 3.05) is 0 Å². The molecule has 32 heavy (non-hydrogen) atoms. The Morgan fingerprint density at radius 2 is 1.81 bits per heavy atom. The zero-order valence-electron chi connectivity index (χ0n) is 17.7. The van der Waals surface area contributed by atoms with Crippen LogP contribution in [0.25, 0.3) is 21.7 Å². The number of carbonyl (C=O) groups excluding carboxylic acids is 1. The van der Waals surface area contributed by atoms with Crippen LogP contribution in [0.3, 0.4) is 0 Å². The summed E-state index contributed by atoms with van der Waals surface area (Å²) in [6, 6.07) is 11.5. The number of carbonyl (C=O) groups is 1. The molecule has 0 aliphatic heterocycles. The molecule has 8 heteroatoms. The molecule has 0 radical (unpaired) electrons. The van der Waals surface area contributed by atoms with E-state index < -0.39 is 11.6 Å². The van der Waals surface area contributed by atoms with Crippen LogP contribution in [0.4, 0.5) is 0 Å². The first-order chi connectivity index (χ1) is 15.4. The Morgan fingerprint density at radius 1 is 1.06 bits per heavy atom. The lowest BCUT2D eigenvalue weighted by molar-refractivity contribution is 0.0466. The van der Waals surface area contributed by atoms with Crippen LogP contribution in [0, 0.1) is 0 Å². The predicted molar refractivity (Wildman–Crippen MR) is 122 cm³/mol. The Kier molecular flexibility index (Phi) is 6.10. The summed E-state index contributed by atoms with van der Waals surface area (Å²) < 4.78 is 12.1. The number of rotatable bonds is 6. The van der Waals surface area contributed by atoms with Gasteiger partial charge in [0, 0.05) is 34.0 Å². The highest BCUT2D eigenvalue weighted by atomic mass is 35.5. The van der Waals surface area contributed by atoms with Crippen LogP contribution in [0.15, 0.2) is 56.5 Å². The molecular weight excluding hydrogens is 432 g/mol. The minimum absolute atomic E-state index is 0.0484. The van der Waals surface area contributed by atoms with E-state index in [1.54, 1.807) is 36.4 Å². The van der Waals surface area contributed by atoms with Gasteiger partial charge in [-0.15, -0.1) is 0 Å². The summed E-state index contributed by atoms with van der Waals surface area (Å²) in [6.45, 7) is 4.08. The second-order valence-corrected chi connectivity index (χ2v) is 7.79. The smallest absolute Gasteiger partial charge is 0.359 e. The summed E-state index contributed by atoms with van der Waals surface area (Å²) in [5.41, 5.74) is 0.947. The molecule has 0 bridgehead atoms. The number of halogens is 1. The maximum absolute atomic E-state index is 13.0. The van der Waals surface area contributed by atoms with Crippen molar-refractivity contribution in [3.05, 3.63) is 85.1 Å². The third-order valence-corrected chi connectivity index (χ3v) is 5.59. The molecule has 0 spiro atoms. The van der Waals surface area contributed by atoms with Crippen LogP contribution >= 0.6 is 11.6 Å². The van der Waals surface area contributed by atoms with Crippen LogP contribution in [-0.2, 0) is 24.3 Å². The molecule has 0 unspecified atom stereocenters. The lowest BCUT2D eigenvalue weighted by atomic mass is 10.1. The van der Waals surface area contributed by atoms with Crippen molar-refractivity contribution >= 4 is 39.3 Å². The van der Waals surface area contributed by atoms with Crippen molar-refractivity contribution in [2.24, 2.45) is 0 Å². The van der Waals surface area contributed by atoms with Crippen molar-refractivity contribution in [3.8, 4) is 0 Å². The van der Waals surface area contributed by atoms with Crippen LogP contribution in [0.5, 0.6) is 0 Å². The zero-order chi connectivity index (χ0) is 22.8.